The Morgan fingerprint density at radius 2 is 1.64 bits per heavy atom. The van der Waals surface area contributed by atoms with Crippen molar-refractivity contribution in [2.24, 2.45) is 44.8 Å². The average molecular weight is 456 g/mol. The number of rotatable bonds is 1. The van der Waals surface area contributed by atoms with Crippen molar-refractivity contribution < 1.29 is 9.90 Å². The Kier molecular flexibility index (Phi) is 5.15. The maximum absolute atomic E-state index is 12.7. The highest BCUT2D eigenvalue weighted by Crippen LogP contribution is 2.74. The Bertz CT molecular complexity index is 877. The van der Waals surface area contributed by atoms with E-state index in [9.17, 15) is 9.90 Å². The van der Waals surface area contributed by atoms with Crippen molar-refractivity contribution >= 4 is 5.91 Å². The summed E-state index contributed by atoms with van der Waals surface area (Å²) in [6.07, 6.45) is 14.2. The van der Waals surface area contributed by atoms with Gasteiger partial charge in [0.15, 0.2) is 0 Å². The van der Waals surface area contributed by atoms with E-state index in [1.165, 1.54) is 38.5 Å². The number of nitrogens with one attached hydrogen (secondary N) is 1. The summed E-state index contributed by atoms with van der Waals surface area (Å²) >= 11 is 0. The van der Waals surface area contributed by atoms with Crippen molar-refractivity contribution in [2.45, 2.75) is 118 Å². The fourth-order valence-corrected chi connectivity index (χ4v) is 10.4. The molecule has 0 aromatic rings. The molecule has 4 aliphatic carbocycles. The van der Waals surface area contributed by atoms with E-state index >= 15 is 0 Å². The van der Waals surface area contributed by atoms with E-state index in [4.69, 9.17) is 0 Å². The Hall–Kier alpha value is -0.830. The van der Waals surface area contributed by atoms with Gasteiger partial charge in [-0.3, -0.25) is 4.79 Å². The number of allylic oxidation sites excluding steroid dienone is 2. The van der Waals surface area contributed by atoms with E-state index in [-0.39, 0.29) is 33.1 Å². The third-order valence-electron chi connectivity index (χ3n) is 12.8. The standard InChI is InChI=1S/C30H49NO2/c1-25(2)22-10-13-30(7)23(28(22,5)12-11-24(33)31-25)9-8-20-21-18-26(3,19-32)14-15-27(21,4)16-17-29(20,30)6/h8,21-23,32H,9-19H2,1-7H3,(H,31,33)/t21-,22-,23+,26+,27+,28-,29+,30+/m0/s1. The summed E-state index contributed by atoms with van der Waals surface area (Å²) in [5, 5.41) is 13.6. The molecule has 8 atom stereocenters. The molecule has 0 bridgehead atoms. The van der Waals surface area contributed by atoms with Gasteiger partial charge in [0.2, 0.25) is 5.91 Å². The lowest BCUT2D eigenvalue weighted by Gasteiger charge is -2.69. The number of amides is 1. The van der Waals surface area contributed by atoms with Crippen LogP contribution in [0, 0.1) is 44.8 Å². The first-order valence-corrected chi connectivity index (χ1v) is 13.9. The third kappa shape index (κ3) is 3.12. The topological polar surface area (TPSA) is 49.3 Å². The Labute approximate surface area is 202 Å². The zero-order chi connectivity index (χ0) is 24.1. The summed E-state index contributed by atoms with van der Waals surface area (Å²) in [6.45, 7) is 17.5. The number of carbonyl (C=O) groups is 1. The number of aliphatic hydroxyl groups excluding tert-OH is 1. The van der Waals surface area contributed by atoms with Crippen LogP contribution in [0.5, 0.6) is 0 Å². The van der Waals surface area contributed by atoms with Gasteiger partial charge in [-0.1, -0.05) is 46.3 Å². The van der Waals surface area contributed by atoms with E-state index in [0.29, 0.717) is 36.2 Å². The largest absolute Gasteiger partial charge is 0.396 e. The van der Waals surface area contributed by atoms with Gasteiger partial charge in [0.1, 0.15) is 0 Å². The summed E-state index contributed by atoms with van der Waals surface area (Å²) in [5.41, 5.74) is 2.78. The third-order valence-corrected chi connectivity index (χ3v) is 12.8. The van der Waals surface area contributed by atoms with Crippen molar-refractivity contribution in [1.29, 1.82) is 0 Å². The van der Waals surface area contributed by atoms with Crippen LogP contribution in [0.2, 0.25) is 0 Å². The summed E-state index contributed by atoms with van der Waals surface area (Å²) in [7, 11) is 0. The molecular weight excluding hydrogens is 406 g/mol. The average Bonchev–Trinajstić information content (AvgIpc) is 2.82. The SMILES string of the molecule is CC1(C)NC(=O)CC[C@]2(C)[C@H]3CC=C4[C@@H]5C[C@](C)(CO)CC[C@]5(C)CC[C@@]4(C)[C@]3(C)CC[C@@H]12. The van der Waals surface area contributed by atoms with Crippen LogP contribution in [0.4, 0.5) is 0 Å². The molecular formula is C30H49NO2. The molecule has 3 heteroatoms. The highest BCUT2D eigenvalue weighted by molar-refractivity contribution is 5.77. The molecule has 2 N–H and O–H groups in total. The molecule has 1 aliphatic heterocycles. The summed E-state index contributed by atoms with van der Waals surface area (Å²) in [4.78, 5) is 12.7. The van der Waals surface area contributed by atoms with Gasteiger partial charge in [0.05, 0.1) is 0 Å². The van der Waals surface area contributed by atoms with Gasteiger partial charge in [0.25, 0.3) is 0 Å². The first-order chi connectivity index (χ1) is 15.2. The molecule has 4 fully saturated rings. The maximum Gasteiger partial charge on any atom is 0.220 e. The molecule has 3 nitrogen and oxygen atoms in total. The molecule has 1 amide bonds. The zero-order valence-corrected chi connectivity index (χ0v) is 22.4. The van der Waals surface area contributed by atoms with Crippen LogP contribution in [-0.4, -0.2) is 23.2 Å². The number of carbonyl (C=O) groups excluding carboxylic acids is 1. The number of fused-ring (bicyclic) bond motifs is 7. The second-order valence-corrected chi connectivity index (χ2v) is 14.9. The monoisotopic (exact) mass is 455 g/mol. The van der Waals surface area contributed by atoms with Crippen LogP contribution in [0.1, 0.15) is 113 Å². The molecule has 1 heterocycles. The van der Waals surface area contributed by atoms with Gasteiger partial charge in [-0.25, -0.2) is 0 Å². The molecule has 3 saturated carbocycles. The lowest BCUT2D eigenvalue weighted by atomic mass is 9.35. The van der Waals surface area contributed by atoms with Crippen molar-refractivity contribution in [3.8, 4) is 0 Å². The molecule has 5 rings (SSSR count). The molecule has 33 heavy (non-hydrogen) atoms. The van der Waals surface area contributed by atoms with Crippen molar-refractivity contribution in [3.05, 3.63) is 11.6 Å². The van der Waals surface area contributed by atoms with E-state index < -0.39 is 0 Å². The zero-order valence-electron chi connectivity index (χ0n) is 22.4. The smallest absolute Gasteiger partial charge is 0.220 e. The number of hydrogen-bond acceptors (Lipinski definition) is 2. The quantitative estimate of drug-likeness (QED) is 0.435. The first kappa shape index (κ1) is 23.9. The lowest BCUT2D eigenvalue weighted by Crippen LogP contribution is -2.64. The van der Waals surface area contributed by atoms with Crippen LogP contribution in [0.15, 0.2) is 11.6 Å². The molecule has 0 spiro atoms. The second kappa shape index (κ2) is 7.11. The Balaban J connectivity index is 1.58. The summed E-state index contributed by atoms with van der Waals surface area (Å²) in [5.74, 6) is 2.02. The van der Waals surface area contributed by atoms with E-state index in [1.807, 2.05) is 0 Å². The fraction of sp³-hybridized carbons (Fsp3) is 0.900. The Morgan fingerprint density at radius 1 is 0.939 bits per heavy atom. The van der Waals surface area contributed by atoms with Crippen LogP contribution in [-0.2, 0) is 4.79 Å². The normalized spacial score (nSPS) is 53.4. The minimum atomic E-state index is -0.133. The minimum Gasteiger partial charge on any atom is -0.396 e. The van der Waals surface area contributed by atoms with Crippen LogP contribution < -0.4 is 5.32 Å². The molecule has 0 radical (unpaired) electrons. The molecule has 186 valence electrons. The van der Waals surface area contributed by atoms with Crippen molar-refractivity contribution in [1.82, 2.24) is 5.32 Å². The van der Waals surface area contributed by atoms with Gasteiger partial charge in [-0.05, 0) is 116 Å². The Morgan fingerprint density at radius 3 is 2.33 bits per heavy atom. The van der Waals surface area contributed by atoms with Gasteiger partial charge in [0, 0.05) is 18.6 Å². The summed E-state index contributed by atoms with van der Waals surface area (Å²) < 4.78 is 0. The van der Waals surface area contributed by atoms with Gasteiger partial charge in [-0.15, -0.1) is 0 Å². The minimum absolute atomic E-state index is 0.0714. The number of hydrogen-bond donors (Lipinski definition) is 2. The first-order valence-electron chi connectivity index (χ1n) is 13.9. The predicted octanol–water partition coefficient (Wildman–Crippen LogP) is 6.65. The van der Waals surface area contributed by atoms with Gasteiger partial charge >= 0.3 is 0 Å². The maximum atomic E-state index is 12.7. The van der Waals surface area contributed by atoms with Gasteiger partial charge in [-0.2, -0.15) is 0 Å². The molecule has 5 aliphatic rings. The number of aliphatic hydroxyl groups is 1. The van der Waals surface area contributed by atoms with Crippen LogP contribution in [0.25, 0.3) is 0 Å². The molecule has 0 unspecified atom stereocenters. The lowest BCUT2D eigenvalue weighted by molar-refractivity contribution is -0.156. The van der Waals surface area contributed by atoms with Crippen molar-refractivity contribution in [3.63, 3.8) is 0 Å². The summed E-state index contributed by atoms with van der Waals surface area (Å²) in [6, 6.07) is 0. The fourth-order valence-electron chi connectivity index (χ4n) is 10.4. The molecule has 0 aromatic heterocycles. The predicted molar refractivity (Wildman–Crippen MR) is 135 cm³/mol. The van der Waals surface area contributed by atoms with Gasteiger partial charge < -0.3 is 10.4 Å². The van der Waals surface area contributed by atoms with Crippen LogP contribution >= 0.6 is 0 Å². The van der Waals surface area contributed by atoms with Crippen LogP contribution in [0.3, 0.4) is 0 Å². The second-order valence-electron chi connectivity index (χ2n) is 14.9. The molecule has 0 aromatic carbocycles. The van der Waals surface area contributed by atoms with E-state index in [1.54, 1.807) is 5.57 Å². The van der Waals surface area contributed by atoms with E-state index in [0.717, 1.165) is 19.3 Å². The molecule has 1 saturated heterocycles. The van der Waals surface area contributed by atoms with Crippen molar-refractivity contribution in [2.75, 3.05) is 6.61 Å². The van der Waals surface area contributed by atoms with E-state index in [2.05, 4.69) is 59.9 Å². The highest BCUT2D eigenvalue weighted by Gasteiger charge is 2.67. The highest BCUT2D eigenvalue weighted by atomic mass is 16.3.